The molecule has 1 aliphatic heterocycles. The van der Waals surface area contributed by atoms with Gasteiger partial charge in [0.15, 0.2) is 5.96 Å². The van der Waals surface area contributed by atoms with E-state index in [0.717, 1.165) is 50.4 Å². The average Bonchev–Trinajstić information content (AvgIpc) is 2.99. The summed E-state index contributed by atoms with van der Waals surface area (Å²) in [6, 6.07) is 0.147. The Bertz CT molecular complexity index is 735. The Kier molecular flexibility index (Phi) is 8.55. The lowest BCUT2D eigenvalue weighted by atomic mass is 10.1. The highest BCUT2D eigenvalue weighted by atomic mass is 16.6. The van der Waals surface area contributed by atoms with Gasteiger partial charge in [0.05, 0.1) is 12.2 Å². The predicted molar refractivity (Wildman–Crippen MR) is 121 cm³/mol. The van der Waals surface area contributed by atoms with E-state index in [4.69, 9.17) is 9.73 Å². The van der Waals surface area contributed by atoms with Gasteiger partial charge in [-0.05, 0) is 53.4 Å². The summed E-state index contributed by atoms with van der Waals surface area (Å²) < 4.78 is 7.52. The van der Waals surface area contributed by atoms with E-state index in [1.807, 2.05) is 32.5 Å². The number of aromatic nitrogens is 2. The van der Waals surface area contributed by atoms with Gasteiger partial charge in [-0.3, -0.25) is 4.68 Å². The minimum Gasteiger partial charge on any atom is -0.444 e. The molecule has 1 amide bonds. The van der Waals surface area contributed by atoms with Crippen molar-refractivity contribution in [1.82, 2.24) is 25.3 Å². The fourth-order valence-corrected chi connectivity index (χ4v) is 3.83. The van der Waals surface area contributed by atoms with Crippen molar-refractivity contribution in [3.8, 4) is 0 Å². The molecule has 1 aliphatic rings. The molecule has 0 bridgehead atoms. The fraction of sp³-hybridized carbons (Fsp3) is 0.773. The summed E-state index contributed by atoms with van der Waals surface area (Å²) in [6.07, 6.45) is 3.53. The second kappa shape index (κ2) is 10.7. The van der Waals surface area contributed by atoms with Crippen LogP contribution in [0.25, 0.3) is 0 Å². The first-order valence-corrected chi connectivity index (χ1v) is 11.2. The summed E-state index contributed by atoms with van der Waals surface area (Å²) in [4.78, 5) is 19.1. The molecule has 30 heavy (non-hydrogen) atoms. The first-order chi connectivity index (χ1) is 14.2. The first kappa shape index (κ1) is 24.0. The molecule has 0 spiro atoms. The fourth-order valence-electron chi connectivity index (χ4n) is 3.83. The van der Waals surface area contributed by atoms with Crippen molar-refractivity contribution in [3.05, 3.63) is 17.0 Å². The van der Waals surface area contributed by atoms with E-state index in [-0.39, 0.29) is 12.1 Å². The Morgan fingerprint density at radius 3 is 2.60 bits per heavy atom. The molecule has 170 valence electrons. The molecular formula is C22H40N6O2. The molecule has 0 aromatic carbocycles. The van der Waals surface area contributed by atoms with Gasteiger partial charge in [-0.15, -0.1) is 0 Å². The van der Waals surface area contributed by atoms with Gasteiger partial charge in [-0.25, -0.2) is 9.79 Å². The number of nitrogens with one attached hydrogen (secondary N) is 2. The molecule has 8 nitrogen and oxygen atoms in total. The molecule has 0 aliphatic carbocycles. The monoisotopic (exact) mass is 420 g/mol. The van der Waals surface area contributed by atoms with Crippen LogP contribution in [0.5, 0.6) is 0 Å². The van der Waals surface area contributed by atoms with E-state index >= 15 is 0 Å². The lowest BCUT2D eigenvalue weighted by molar-refractivity contribution is 0.0193. The zero-order valence-electron chi connectivity index (χ0n) is 19.8. The second-order valence-corrected chi connectivity index (χ2v) is 8.81. The Morgan fingerprint density at radius 2 is 2.00 bits per heavy atom. The van der Waals surface area contributed by atoms with Crippen molar-refractivity contribution in [2.45, 2.75) is 85.4 Å². The standard InChI is InChI=1S/C22H40N6O2/c1-8-18-17(19(9-2)27(7)26-18)14-24-20(23-10-3)25-16-12-11-13-28(15-16)21(29)30-22(4,5)6/h16H,8-15H2,1-7H3,(H2,23,24,25). The van der Waals surface area contributed by atoms with E-state index < -0.39 is 5.60 Å². The smallest absolute Gasteiger partial charge is 0.410 e. The van der Waals surface area contributed by atoms with E-state index in [2.05, 4.69) is 36.5 Å². The zero-order chi connectivity index (χ0) is 22.3. The van der Waals surface area contributed by atoms with Crippen LogP contribution in [0.2, 0.25) is 0 Å². The normalized spacial score (nSPS) is 17.8. The van der Waals surface area contributed by atoms with Crippen molar-refractivity contribution in [2.24, 2.45) is 12.0 Å². The number of rotatable bonds is 6. The SMILES string of the molecule is CCNC(=NCc1c(CC)nn(C)c1CC)NC1CCCN(C(=O)OC(C)(C)C)C1. The molecule has 1 unspecified atom stereocenters. The van der Waals surface area contributed by atoms with Crippen LogP contribution in [0.3, 0.4) is 0 Å². The van der Waals surface area contributed by atoms with Crippen LogP contribution in [0.4, 0.5) is 4.79 Å². The third kappa shape index (κ3) is 6.64. The third-order valence-corrected chi connectivity index (χ3v) is 5.18. The maximum absolute atomic E-state index is 12.4. The number of hydrogen-bond acceptors (Lipinski definition) is 4. The maximum atomic E-state index is 12.4. The third-order valence-electron chi connectivity index (χ3n) is 5.18. The molecule has 1 atom stereocenters. The Balaban J connectivity index is 2.07. The van der Waals surface area contributed by atoms with Crippen molar-refractivity contribution in [3.63, 3.8) is 0 Å². The van der Waals surface area contributed by atoms with Crippen molar-refractivity contribution in [1.29, 1.82) is 0 Å². The van der Waals surface area contributed by atoms with Gasteiger partial charge >= 0.3 is 6.09 Å². The second-order valence-electron chi connectivity index (χ2n) is 8.81. The topological polar surface area (TPSA) is 83.8 Å². The minimum atomic E-state index is -0.481. The number of amides is 1. The van der Waals surface area contributed by atoms with Gasteiger partial charge in [-0.2, -0.15) is 5.10 Å². The van der Waals surface area contributed by atoms with Crippen LogP contribution in [0.15, 0.2) is 4.99 Å². The van der Waals surface area contributed by atoms with Crippen LogP contribution in [-0.4, -0.2) is 58.0 Å². The number of aliphatic imine (C=N–C) groups is 1. The Hall–Kier alpha value is -2.25. The van der Waals surface area contributed by atoms with Gasteiger partial charge in [0.25, 0.3) is 0 Å². The van der Waals surface area contributed by atoms with Gasteiger partial charge in [0.1, 0.15) is 5.60 Å². The number of hydrogen-bond donors (Lipinski definition) is 2. The number of guanidine groups is 1. The number of carbonyl (C=O) groups is 1. The zero-order valence-corrected chi connectivity index (χ0v) is 19.8. The Labute approximate surface area is 181 Å². The predicted octanol–water partition coefficient (Wildman–Crippen LogP) is 3.00. The molecule has 1 saturated heterocycles. The lowest BCUT2D eigenvalue weighted by Gasteiger charge is -2.35. The van der Waals surface area contributed by atoms with Gasteiger partial charge < -0.3 is 20.3 Å². The first-order valence-electron chi connectivity index (χ1n) is 11.2. The summed E-state index contributed by atoms with van der Waals surface area (Å²) >= 11 is 0. The molecular weight excluding hydrogens is 380 g/mol. The van der Waals surface area contributed by atoms with E-state index in [0.29, 0.717) is 13.1 Å². The van der Waals surface area contributed by atoms with Gasteiger partial charge in [0, 0.05) is 44.0 Å². The number of likely N-dealkylation sites (tertiary alicyclic amines) is 1. The molecule has 2 rings (SSSR count). The highest BCUT2D eigenvalue weighted by Crippen LogP contribution is 2.17. The molecule has 1 aromatic heterocycles. The van der Waals surface area contributed by atoms with Crippen LogP contribution in [0.1, 0.15) is 71.3 Å². The molecule has 0 saturated carbocycles. The summed E-state index contributed by atoms with van der Waals surface area (Å²) in [5.41, 5.74) is 3.09. The van der Waals surface area contributed by atoms with Crippen molar-refractivity contribution < 1.29 is 9.53 Å². The van der Waals surface area contributed by atoms with E-state index in [1.54, 1.807) is 4.90 Å². The van der Waals surface area contributed by atoms with Crippen LogP contribution in [-0.2, 0) is 31.2 Å². The number of piperidine rings is 1. The number of carbonyl (C=O) groups excluding carboxylic acids is 1. The average molecular weight is 421 g/mol. The number of ether oxygens (including phenoxy) is 1. The Morgan fingerprint density at radius 1 is 1.27 bits per heavy atom. The summed E-state index contributed by atoms with van der Waals surface area (Å²) in [5, 5.41) is 11.5. The van der Waals surface area contributed by atoms with Crippen LogP contribution in [0, 0.1) is 0 Å². The molecule has 0 radical (unpaired) electrons. The summed E-state index contributed by atoms with van der Waals surface area (Å²) in [5.74, 6) is 0.779. The quantitative estimate of drug-likeness (QED) is 0.546. The van der Waals surface area contributed by atoms with Gasteiger partial charge in [-0.1, -0.05) is 13.8 Å². The summed E-state index contributed by atoms with van der Waals surface area (Å²) in [7, 11) is 2.00. The molecule has 2 N–H and O–H groups in total. The molecule has 1 aromatic rings. The maximum Gasteiger partial charge on any atom is 0.410 e. The van der Waals surface area contributed by atoms with E-state index in [1.165, 1.54) is 11.3 Å². The largest absolute Gasteiger partial charge is 0.444 e. The molecule has 8 heteroatoms. The highest BCUT2D eigenvalue weighted by molar-refractivity contribution is 5.80. The van der Waals surface area contributed by atoms with Crippen LogP contribution < -0.4 is 10.6 Å². The summed E-state index contributed by atoms with van der Waals surface area (Å²) in [6.45, 7) is 14.8. The molecule has 2 heterocycles. The molecule has 1 fully saturated rings. The number of aryl methyl sites for hydroxylation is 2. The van der Waals surface area contributed by atoms with Crippen LogP contribution >= 0.6 is 0 Å². The highest BCUT2D eigenvalue weighted by Gasteiger charge is 2.28. The van der Waals surface area contributed by atoms with Crippen molar-refractivity contribution in [2.75, 3.05) is 19.6 Å². The number of nitrogens with zero attached hydrogens (tertiary/aromatic N) is 4. The minimum absolute atomic E-state index is 0.147. The van der Waals surface area contributed by atoms with Gasteiger partial charge in [0.2, 0.25) is 0 Å². The lowest BCUT2D eigenvalue weighted by Crippen LogP contribution is -2.53. The van der Waals surface area contributed by atoms with E-state index in [9.17, 15) is 4.79 Å². The van der Waals surface area contributed by atoms with Crippen molar-refractivity contribution >= 4 is 12.1 Å².